The largest absolute Gasteiger partial charge is 0.236 e. The first-order chi connectivity index (χ1) is 7.00. The van der Waals surface area contributed by atoms with Crippen LogP contribution < -0.4 is 0 Å². The van der Waals surface area contributed by atoms with Gasteiger partial charge in [-0.15, -0.1) is 0 Å². The van der Waals surface area contributed by atoms with Crippen LogP contribution >= 0.6 is 27.5 Å². The molecule has 0 fully saturated rings. The van der Waals surface area contributed by atoms with E-state index in [2.05, 4.69) is 20.9 Å². The smallest absolute Gasteiger partial charge is 0.138 e. The van der Waals surface area contributed by atoms with Gasteiger partial charge in [0.15, 0.2) is 0 Å². The van der Waals surface area contributed by atoms with Gasteiger partial charge in [-0.1, -0.05) is 11.6 Å². The lowest BCUT2D eigenvalue weighted by Gasteiger charge is -2.07. The summed E-state index contributed by atoms with van der Waals surface area (Å²) in [6, 6.07) is 3.29. The molecule has 0 amide bonds. The average molecular weight is 289 g/mol. The number of fused-ring (bicyclic) bond motifs is 1. The van der Waals surface area contributed by atoms with E-state index >= 15 is 0 Å². The zero-order valence-electron chi connectivity index (χ0n) is 8.24. The van der Waals surface area contributed by atoms with Crippen LogP contribution in [-0.2, 0) is 0 Å². The van der Waals surface area contributed by atoms with E-state index in [-0.39, 0.29) is 5.82 Å². The maximum Gasteiger partial charge on any atom is 0.138 e. The van der Waals surface area contributed by atoms with Gasteiger partial charge in [0, 0.05) is 5.39 Å². The van der Waals surface area contributed by atoms with Gasteiger partial charge in [0.1, 0.15) is 11.0 Å². The Morgan fingerprint density at radius 3 is 2.60 bits per heavy atom. The van der Waals surface area contributed by atoms with Crippen LogP contribution in [0.5, 0.6) is 0 Å². The molecule has 1 heterocycles. The first kappa shape index (κ1) is 10.8. The van der Waals surface area contributed by atoms with Crippen molar-refractivity contribution in [1.82, 2.24) is 4.98 Å². The van der Waals surface area contributed by atoms with Gasteiger partial charge >= 0.3 is 0 Å². The molecular weight excluding hydrogens is 280 g/mol. The zero-order valence-corrected chi connectivity index (χ0v) is 10.6. The fourth-order valence-electron chi connectivity index (χ4n) is 1.51. The fraction of sp³-hybridized carbons (Fsp3) is 0.182. The molecule has 0 bridgehead atoms. The molecule has 4 heteroatoms. The summed E-state index contributed by atoms with van der Waals surface area (Å²) in [5, 5.41) is 1.22. The van der Waals surface area contributed by atoms with Crippen LogP contribution in [0.4, 0.5) is 4.39 Å². The Kier molecular flexibility index (Phi) is 2.69. The Morgan fingerprint density at radius 2 is 1.93 bits per heavy atom. The van der Waals surface area contributed by atoms with Crippen molar-refractivity contribution in [2.45, 2.75) is 13.8 Å². The van der Waals surface area contributed by atoms with Crippen LogP contribution in [0.1, 0.15) is 11.1 Å². The maximum atomic E-state index is 13.4. The zero-order chi connectivity index (χ0) is 11.2. The fourth-order valence-corrected chi connectivity index (χ4v) is 2.07. The number of rotatable bonds is 0. The van der Waals surface area contributed by atoms with Crippen molar-refractivity contribution in [3.63, 3.8) is 0 Å². The summed E-state index contributed by atoms with van der Waals surface area (Å²) in [4.78, 5) is 4.25. The topological polar surface area (TPSA) is 12.9 Å². The minimum absolute atomic E-state index is 0.275. The van der Waals surface area contributed by atoms with Crippen molar-refractivity contribution in [2.24, 2.45) is 0 Å². The highest BCUT2D eigenvalue weighted by molar-refractivity contribution is 9.10. The van der Waals surface area contributed by atoms with Crippen LogP contribution in [0.3, 0.4) is 0 Å². The standard InChI is InChI=1S/C11H8BrClFN/c1-5-4-8(14)9(12)7-3-6(2)11(13)15-10(5)7/h3-4H,1-2H3. The molecule has 0 saturated heterocycles. The highest BCUT2D eigenvalue weighted by atomic mass is 79.9. The molecule has 1 nitrogen and oxygen atoms in total. The number of hydrogen-bond donors (Lipinski definition) is 0. The molecule has 78 valence electrons. The predicted octanol–water partition coefficient (Wildman–Crippen LogP) is 4.41. The molecule has 2 aromatic rings. The Bertz CT molecular complexity index is 554. The monoisotopic (exact) mass is 287 g/mol. The highest BCUT2D eigenvalue weighted by Crippen LogP contribution is 2.30. The lowest BCUT2D eigenvalue weighted by Crippen LogP contribution is -1.91. The van der Waals surface area contributed by atoms with Crippen molar-refractivity contribution in [2.75, 3.05) is 0 Å². The summed E-state index contributed by atoms with van der Waals surface area (Å²) in [5.41, 5.74) is 2.36. The van der Waals surface area contributed by atoms with E-state index in [9.17, 15) is 4.39 Å². The molecule has 0 N–H and O–H groups in total. The van der Waals surface area contributed by atoms with Gasteiger partial charge in [-0.05, 0) is 53.0 Å². The van der Waals surface area contributed by atoms with Gasteiger partial charge in [0.05, 0.1) is 9.99 Å². The molecule has 0 unspecified atom stereocenters. The predicted molar refractivity (Wildman–Crippen MR) is 63.9 cm³/mol. The Labute approximate surface area is 100 Å². The first-order valence-electron chi connectivity index (χ1n) is 4.42. The molecular formula is C11H8BrClFN. The lowest BCUT2D eigenvalue weighted by molar-refractivity contribution is 0.622. The number of nitrogens with zero attached hydrogens (tertiary/aromatic N) is 1. The Hall–Kier alpha value is -0.670. The van der Waals surface area contributed by atoms with Crippen LogP contribution in [0.2, 0.25) is 5.15 Å². The number of benzene rings is 1. The first-order valence-corrected chi connectivity index (χ1v) is 5.59. The third-order valence-corrected chi connectivity index (χ3v) is 3.50. The van der Waals surface area contributed by atoms with Crippen molar-refractivity contribution >= 4 is 38.4 Å². The molecule has 1 aromatic heterocycles. The van der Waals surface area contributed by atoms with Gasteiger partial charge in [-0.25, -0.2) is 9.37 Å². The number of aromatic nitrogens is 1. The number of pyridine rings is 1. The maximum absolute atomic E-state index is 13.4. The quantitative estimate of drug-likeness (QED) is 0.655. The van der Waals surface area contributed by atoms with Gasteiger partial charge in [-0.3, -0.25) is 0 Å². The van der Waals surface area contributed by atoms with Crippen LogP contribution in [0.25, 0.3) is 10.9 Å². The summed E-state index contributed by atoms with van der Waals surface area (Å²) in [6.45, 7) is 3.66. The molecule has 2 rings (SSSR count). The number of hydrogen-bond acceptors (Lipinski definition) is 1. The third kappa shape index (κ3) is 1.74. The molecule has 15 heavy (non-hydrogen) atoms. The van der Waals surface area contributed by atoms with Gasteiger partial charge in [-0.2, -0.15) is 0 Å². The number of aryl methyl sites for hydroxylation is 2. The minimum Gasteiger partial charge on any atom is -0.236 e. The second kappa shape index (κ2) is 3.72. The molecule has 0 radical (unpaired) electrons. The van der Waals surface area contributed by atoms with Crippen molar-refractivity contribution < 1.29 is 4.39 Å². The summed E-state index contributed by atoms with van der Waals surface area (Å²) in [5.74, 6) is -0.275. The second-order valence-electron chi connectivity index (χ2n) is 3.48. The lowest BCUT2D eigenvalue weighted by atomic mass is 10.1. The van der Waals surface area contributed by atoms with Crippen LogP contribution in [-0.4, -0.2) is 4.98 Å². The molecule has 1 aromatic carbocycles. The molecule has 0 aliphatic carbocycles. The van der Waals surface area contributed by atoms with E-state index in [0.717, 1.165) is 22.0 Å². The van der Waals surface area contributed by atoms with E-state index in [1.54, 1.807) is 0 Å². The van der Waals surface area contributed by atoms with Crippen LogP contribution in [0, 0.1) is 19.7 Å². The third-order valence-electron chi connectivity index (χ3n) is 2.31. The van der Waals surface area contributed by atoms with Crippen molar-refractivity contribution in [3.8, 4) is 0 Å². The molecule has 0 aliphatic heterocycles. The van der Waals surface area contributed by atoms with E-state index < -0.39 is 0 Å². The van der Waals surface area contributed by atoms with Crippen molar-refractivity contribution in [1.29, 1.82) is 0 Å². The Balaban J connectivity index is 2.97. The Morgan fingerprint density at radius 1 is 1.27 bits per heavy atom. The minimum atomic E-state index is -0.275. The van der Waals surface area contributed by atoms with Gasteiger partial charge in [0.25, 0.3) is 0 Å². The van der Waals surface area contributed by atoms with E-state index in [1.807, 2.05) is 19.9 Å². The van der Waals surface area contributed by atoms with E-state index in [4.69, 9.17) is 11.6 Å². The molecule has 0 saturated carbocycles. The van der Waals surface area contributed by atoms with E-state index in [1.165, 1.54) is 6.07 Å². The normalized spacial score (nSPS) is 11.0. The molecule has 0 spiro atoms. The van der Waals surface area contributed by atoms with Gasteiger partial charge in [0.2, 0.25) is 0 Å². The van der Waals surface area contributed by atoms with Crippen LogP contribution in [0.15, 0.2) is 16.6 Å². The number of halogens is 3. The summed E-state index contributed by atoms with van der Waals surface area (Å²) >= 11 is 9.15. The highest BCUT2D eigenvalue weighted by Gasteiger charge is 2.10. The SMILES string of the molecule is Cc1cc2c(Br)c(F)cc(C)c2nc1Cl. The van der Waals surface area contributed by atoms with Gasteiger partial charge < -0.3 is 0 Å². The summed E-state index contributed by atoms with van der Waals surface area (Å²) in [7, 11) is 0. The summed E-state index contributed by atoms with van der Waals surface area (Å²) < 4.78 is 13.9. The summed E-state index contributed by atoms with van der Waals surface area (Å²) in [6.07, 6.45) is 0. The molecule has 0 atom stereocenters. The second-order valence-corrected chi connectivity index (χ2v) is 4.63. The molecule has 0 aliphatic rings. The van der Waals surface area contributed by atoms with Crippen molar-refractivity contribution in [3.05, 3.63) is 38.7 Å². The average Bonchev–Trinajstić information content (AvgIpc) is 2.18. The van der Waals surface area contributed by atoms with E-state index in [0.29, 0.717) is 9.63 Å².